The Morgan fingerprint density at radius 2 is 1.85 bits per heavy atom. The minimum absolute atomic E-state index is 0.00284. The van der Waals surface area contributed by atoms with Gasteiger partial charge in [-0.3, -0.25) is 9.59 Å². The van der Waals surface area contributed by atoms with Crippen LogP contribution in [-0.2, 0) is 22.6 Å². The number of benzene rings is 2. The lowest BCUT2D eigenvalue weighted by Crippen LogP contribution is -2.38. The van der Waals surface area contributed by atoms with Crippen molar-refractivity contribution in [2.24, 2.45) is 0 Å². The van der Waals surface area contributed by atoms with E-state index in [1.54, 1.807) is 23.1 Å². The number of amides is 2. The molecule has 2 aromatic rings. The molecule has 0 aromatic heterocycles. The number of para-hydroxylation sites is 1. The number of anilines is 1. The summed E-state index contributed by atoms with van der Waals surface area (Å²) in [5.41, 5.74) is 2.60. The second kappa shape index (κ2) is 8.13. The molecule has 3 rings (SSSR count). The number of fused-ring (bicyclic) bond motifs is 1. The fourth-order valence-corrected chi connectivity index (χ4v) is 3.34. The summed E-state index contributed by atoms with van der Waals surface area (Å²) in [5.74, 6) is -0.507. The van der Waals surface area contributed by atoms with Gasteiger partial charge in [0.2, 0.25) is 11.8 Å². The number of aryl methyl sites for hydroxylation is 1. The SMILES string of the molecule is CC(=O)N(CCC(=O)N1CCCc2ccccc21)Cc1ccccc1F. The lowest BCUT2D eigenvalue weighted by atomic mass is 10.0. The highest BCUT2D eigenvalue weighted by Crippen LogP contribution is 2.27. The van der Waals surface area contributed by atoms with Crippen molar-refractivity contribution in [2.75, 3.05) is 18.0 Å². The molecule has 1 aliphatic rings. The molecule has 1 aliphatic heterocycles. The zero-order valence-corrected chi connectivity index (χ0v) is 15.0. The Labute approximate surface area is 153 Å². The number of halogens is 1. The Morgan fingerprint density at radius 1 is 1.12 bits per heavy atom. The molecule has 5 heteroatoms. The van der Waals surface area contributed by atoms with Gasteiger partial charge in [-0.1, -0.05) is 36.4 Å². The molecule has 2 amide bonds. The van der Waals surface area contributed by atoms with Gasteiger partial charge in [0, 0.05) is 44.2 Å². The fourth-order valence-electron chi connectivity index (χ4n) is 3.34. The molecule has 0 bridgehead atoms. The summed E-state index contributed by atoms with van der Waals surface area (Å²) < 4.78 is 13.9. The third-order valence-corrected chi connectivity index (χ3v) is 4.77. The second-order valence-corrected chi connectivity index (χ2v) is 6.56. The summed E-state index contributed by atoms with van der Waals surface area (Å²) >= 11 is 0. The summed E-state index contributed by atoms with van der Waals surface area (Å²) in [6.07, 6.45) is 2.14. The van der Waals surface area contributed by atoms with Crippen LogP contribution in [-0.4, -0.2) is 29.8 Å². The van der Waals surface area contributed by atoms with E-state index in [0.29, 0.717) is 12.1 Å². The highest BCUT2D eigenvalue weighted by molar-refractivity contribution is 5.94. The Kier molecular flexibility index (Phi) is 5.66. The molecule has 0 N–H and O–H groups in total. The summed E-state index contributed by atoms with van der Waals surface area (Å²) in [6.45, 7) is 2.60. The monoisotopic (exact) mass is 354 g/mol. The minimum atomic E-state index is -0.338. The van der Waals surface area contributed by atoms with Gasteiger partial charge in [0.15, 0.2) is 0 Å². The molecule has 0 saturated heterocycles. The van der Waals surface area contributed by atoms with Gasteiger partial charge in [0.25, 0.3) is 0 Å². The van der Waals surface area contributed by atoms with Crippen LogP contribution in [0.3, 0.4) is 0 Å². The maximum Gasteiger partial charge on any atom is 0.228 e. The summed E-state index contributed by atoms with van der Waals surface area (Å²) in [5, 5.41) is 0. The Morgan fingerprint density at radius 3 is 2.62 bits per heavy atom. The second-order valence-electron chi connectivity index (χ2n) is 6.56. The van der Waals surface area contributed by atoms with Crippen molar-refractivity contribution in [3.63, 3.8) is 0 Å². The first-order valence-corrected chi connectivity index (χ1v) is 8.93. The predicted molar refractivity (Wildman–Crippen MR) is 99.2 cm³/mol. The molecule has 2 aromatic carbocycles. The van der Waals surface area contributed by atoms with Crippen LogP contribution in [0.1, 0.15) is 30.9 Å². The molecule has 0 radical (unpaired) electrons. The molecule has 0 unspecified atom stereocenters. The van der Waals surface area contributed by atoms with E-state index in [1.165, 1.54) is 23.5 Å². The van der Waals surface area contributed by atoms with Crippen LogP contribution in [0.25, 0.3) is 0 Å². The highest BCUT2D eigenvalue weighted by atomic mass is 19.1. The number of rotatable bonds is 5. The molecular weight excluding hydrogens is 331 g/mol. The molecule has 0 aliphatic carbocycles. The van der Waals surface area contributed by atoms with Crippen molar-refractivity contribution in [2.45, 2.75) is 32.7 Å². The lowest BCUT2D eigenvalue weighted by Gasteiger charge is -2.30. The molecule has 136 valence electrons. The van der Waals surface area contributed by atoms with Crippen molar-refractivity contribution >= 4 is 17.5 Å². The van der Waals surface area contributed by atoms with Crippen LogP contribution < -0.4 is 4.90 Å². The normalized spacial score (nSPS) is 13.2. The summed E-state index contributed by atoms with van der Waals surface area (Å²) in [4.78, 5) is 28.0. The molecule has 0 fully saturated rings. The third-order valence-electron chi connectivity index (χ3n) is 4.77. The van der Waals surface area contributed by atoms with Crippen LogP contribution >= 0.6 is 0 Å². The van der Waals surface area contributed by atoms with Crippen molar-refractivity contribution < 1.29 is 14.0 Å². The van der Waals surface area contributed by atoms with Crippen molar-refractivity contribution in [1.29, 1.82) is 0 Å². The van der Waals surface area contributed by atoms with Crippen LogP contribution in [0.2, 0.25) is 0 Å². The van der Waals surface area contributed by atoms with Gasteiger partial charge < -0.3 is 9.80 Å². The van der Waals surface area contributed by atoms with Crippen LogP contribution in [0, 0.1) is 5.82 Å². The van der Waals surface area contributed by atoms with E-state index in [4.69, 9.17) is 0 Å². The standard InChI is InChI=1S/C21H23FN2O2/c1-16(25)23(15-18-8-2-4-10-19(18)22)14-12-21(26)24-13-6-9-17-7-3-5-11-20(17)24/h2-5,7-8,10-11H,6,9,12-15H2,1H3. The van der Waals surface area contributed by atoms with Gasteiger partial charge in [-0.2, -0.15) is 0 Å². The first kappa shape index (κ1) is 18.1. The van der Waals surface area contributed by atoms with E-state index in [9.17, 15) is 14.0 Å². The zero-order chi connectivity index (χ0) is 18.5. The van der Waals surface area contributed by atoms with Gasteiger partial charge in [0.1, 0.15) is 5.82 Å². The molecule has 0 spiro atoms. The van der Waals surface area contributed by atoms with E-state index in [-0.39, 0.29) is 37.1 Å². The Hall–Kier alpha value is -2.69. The number of hydrogen-bond acceptors (Lipinski definition) is 2. The van der Waals surface area contributed by atoms with Crippen LogP contribution in [0.4, 0.5) is 10.1 Å². The van der Waals surface area contributed by atoms with Crippen LogP contribution in [0.15, 0.2) is 48.5 Å². The maximum absolute atomic E-state index is 13.9. The number of hydrogen-bond donors (Lipinski definition) is 0. The zero-order valence-electron chi connectivity index (χ0n) is 15.0. The first-order chi connectivity index (χ1) is 12.6. The Bertz CT molecular complexity index is 806. The van der Waals surface area contributed by atoms with E-state index in [1.807, 2.05) is 18.2 Å². The van der Waals surface area contributed by atoms with Gasteiger partial charge in [0.05, 0.1) is 0 Å². The molecule has 0 saturated carbocycles. The van der Waals surface area contributed by atoms with Crippen LogP contribution in [0.5, 0.6) is 0 Å². The van der Waals surface area contributed by atoms with Gasteiger partial charge >= 0.3 is 0 Å². The van der Waals surface area contributed by atoms with Gasteiger partial charge in [-0.15, -0.1) is 0 Å². The van der Waals surface area contributed by atoms with E-state index in [2.05, 4.69) is 6.07 Å². The summed E-state index contributed by atoms with van der Waals surface area (Å²) in [6, 6.07) is 14.3. The lowest BCUT2D eigenvalue weighted by molar-refractivity contribution is -0.130. The molecule has 1 heterocycles. The molecular formula is C21H23FN2O2. The largest absolute Gasteiger partial charge is 0.338 e. The highest BCUT2D eigenvalue weighted by Gasteiger charge is 2.23. The van der Waals surface area contributed by atoms with E-state index < -0.39 is 0 Å². The number of carbonyl (C=O) groups excluding carboxylic acids is 2. The van der Waals surface area contributed by atoms with Crippen molar-refractivity contribution in [1.82, 2.24) is 4.90 Å². The first-order valence-electron chi connectivity index (χ1n) is 8.93. The smallest absolute Gasteiger partial charge is 0.228 e. The number of carbonyl (C=O) groups is 2. The average molecular weight is 354 g/mol. The molecule has 4 nitrogen and oxygen atoms in total. The van der Waals surface area contributed by atoms with Crippen molar-refractivity contribution in [3.05, 3.63) is 65.5 Å². The number of nitrogens with zero attached hydrogens (tertiary/aromatic N) is 2. The molecule has 26 heavy (non-hydrogen) atoms. The topological polar surface area (TPSA) is 40.6 Å². The quantitative estimate of drug-likeness (QED) is 0.824. The summed E-state index contributed by atoms with van der Waals surface area (Å²) in [7, 11) is 0. The predicted octanol–water partition coefficient (Wildman–Crippen LogP) is 3.54. The minimum Gasteiger partial charge on any atom is -0.338 e. The van der Waals surface area contributed by atoms with Gasteiger partial charge in [-0.25, -0.2) is 4.39 Å². The van der Waals surface area contributed by atoms with Gasteiger partial charge in [-0.05, 0) is 30.5 Å². The average Bonchev–Trinajstić information content (AvgIpc) is 2.65. The van der Waals surface area contributed by atoms with E-state index in [0.717, 1.165) is 18.5 Å². The Balaban J connectivity index is 1.66. The third kappa shape index (κ3) is 4.10. The van der Waals surface area contributed by atoms with E-state index >= 15 is 0 Å². The fraction of sp³-hybridized carbons (Fsp3) is 0.333. The molecule has 0 atom stereocenters. The van der Waals surface area contributed by atoms with Crippen molar-refractivity contribution in [3.8, 4) is 0 Å². The maximum atomic E-state index is 13.9.